The molecule has 2 aromatic heterocycles. The molecule has 3 rings (SSSR count). The molecule has 0 saturated heterocycles. The molecule has 0 unspecified atom stereocenters. The molecular formula is C25H26F5N3O6S2. The fourth-order valence-corrected chi connectivity index (χ4v) is 5.84. The van der Waals surface area contributed by atoms with Gasteiger partial charge in [-0.3, -0.25) is 4.90 Å². The lowest BCUT2D eigenvalue weighted by molar-refractivity contribution is -0.287. The molecule has 1 aliphatic carbocycles. The number of amides is 1. The number of carbonyl (C=O) groups is 2. The Labute approximate surface area is 236 Å². The van der Waals surface area contributed by atoms with Crippen LogP contribution in [0, 0.1) is 11.3 Å². The lowest BCUT2D eigenvalue weighted by Gasteiger charge is -2.28. The summed E-state index contributed by atoms with van der Waals surface area (Å²) in [6.45, 7) is 4.89. The molecule has 1 saturated carbocycles. The van der Waals surface area contributed by atoms with Crippen LogP contribution in [0.1, 0.15) is 66.2 Å². The first-order valence-corrected chi connectivity index (χ1v) is 14.5. The van der Waals surface area contributed by atoms with Gasteiger partial charge in [0, 0.05) is 6.20 Å². The second kappa shape index (κ2) is 10.8. The Morgan fingerprint density at radius 2 is 1.78 bits per heavy atom. The van der Waals surface area contributed by atoms with Gasteiger partial charge >= 0.3 is 24.2 Å². The van der Waals surface area contributed by atoms with Crippen molar-refractivity contribution in [1.82, 2.24) is 4.98 Å². The van der Waals surface area contributed by atoms with Crippen molar-refractivity contribution in [3.8, 4) is 6.07 Å². The SMILES string of the molecule is CCS(=O)(=O)c1cc(C2(C#N)CC2)cnc1N(Cc1cc(C(F)(F)C(F)(F)F)sc1C(=O)OC)C(=O)OC(C)(C)C. The van der Waals surface area contributed by atoms with Crippen molar-refractivity contribution < 1.29 is 49.4 Å². The summed E-state index contributed by atoms with van der Waals surface area (Å²) in [7, 11) is -3.27. The quantitative estimate of drug-likeness (QED) is 0.264. The third kappa shape index (κ3) is 6.45. The van der Waals surface area contributed by atoms with Gasteiger partial charge in [0.25, 0.3) is 0 Å². The molecule has 0 radical (unpaired) electrons. The van der Waals surface area contributed by atoms with E-state index in [-0.39, 0.29) is 16.9 Å². The average Bonchev–Trinajstić information content (AvgIpc) is 3.56. The number of thiophene rings is 1. The third-order valence-corrected chi connectivity index (χ3v) is 9.07. The Kier molecular flexibility index (Phi) is 8.50. The summed E-state index contributed by atoms with van der Waals surface area (Å²) in [6, 6.07) is 3.70. The standard InChI is InChI=1S/C25H26F5N3O6S2/c1-6-41(36,37)16-10-15(23(13-31)7-8-23)11-32-19(16)33(21(35)39-22(2,3)4)12-14-9-17(24(26,27)25(28,29)30)40-18(14)20(34)38-5/h9-11H,6-8,12H2,1-5H3. The van der Waals surface area contributed by atoms with Crippen LogP contribution in [-0.4, -0.2) is 50.1 Å². The monoisotopic (exact) mass is 623 g/mol. The van der Waals surface area contributed by atoms with Crippen molar-refractivity contribution in [2.45, 2.75) is 75.1 Å². The van der Waals surface area contributed by atoms with Crippen LogP contribution in [0.15, 0.2) is 23.2 Å². The zero-order valence-electron chi connectivity index (χ0n) is 22.6. The van der Waals surface area contributed by atoms with Crippen molar-refractivity contribution in [3.05, 3.63) is 39.2 Å². The number of nitrogens with zero attached hydrogens (tertiary/aromatic N) is 3. The molecule has 0 N–H and O–H groups in total. The molecule has 2 heterocycles. The Hall–Kier alpha value is -3.32. The molecule has 1 fully saturated rings. The molecule has 1 aliphatic rings. The van der Waals surface area contributed by atoms with Crippen LogP contribution in [-0.2, 0) is 37.2 Å². The molecule has 9 nitrogen and oxygen atoms in total. The molecule has 16 heteroatoms. The number of carbonyl (C=O) groups excluding carboxylic acids is 2. The van der Waals surface area contributed by atoms with Crippen LogP contribution in [0.25, 0.3) is 0 Å². The van der Waals surface area contributed by atoms with E-state index in [1.54, 1.807) is 0 Å². The van der Waals surface area contributed by atoms with E-state index in [0.717, 1.165) is 7.11 Å². The Morgan fingerprint density at radius 1 is 1.17 bits per heavy atom. The topological polar surface area (TPSA) is 127 Å². The minimum absolute atomic E-state index is 0.179. The van der Waals surface area contributed by atoms with Gasteiger partial charge in [-0.1, -0.05) is 6.92 Å². The lowest BCUT2D eigenvalue weighted by Crippen LogP contribution is -2.38. The minimum Gasteiger partial charge on any atom is -0.465 e. The largest absolute Gasteiger partial charge is 0.465 e. The molecule has 224 valence electrons. The van der Waals surface area contributed by atoms with Crippen molar-refractivity contribution >= 4 is 39.1 Å². The summed E-state index contributed by atoms with van der Waals surface area (Å²) >= 11 is -0.179. The van der Waals surface area contributed by atoms with Gasteiger partial charge in [-0.25, -0.2) is 23.0 Å². The molecular weight excluding hydrogens is 597 g/mol. The Balaban J connectivity index is 2.27. The Morgan fingerprint density at radius 3 is 2.24 bits per heavy atom. The van der Waals surface area contributed by atoms with E-state index in [9.17, 15) is 45.2 Å². The van der Waals surface area contributed by atoms with Crippen molar-refractivity contribution in [2.75, 3.05) is 17.8 Å². The maximum absolute atomic E-state index is 14.2. The maximum atomic E-state index is 14.2. The molecule has 2 aromatic rings. The number of ether oxygens (including phenoxy) is 2. The highest BCUT2D eigenvalue weighted by molar-refractivity contribution is 7.91. The van der Waals surface area contributed by atoms with Crippen molar-refractivity contribution in [3.63, 3.8) is 0 Å². The van der Waals surface area contributed by atoms with Crippen LogP contribution < -0.4 is 4.90 Å². The van der Waals surface area contributed by atoms with Crippen molar-refractivity contribution in [2.24, 2.45) is 0 Å². The highest BCUT2D eigenvalue weighted by atomic mass is 32.2. The van der Waals surface area contributed by atoms with Crippen molar-refractivity contribution in [1.29, 1.82) is 5.26 Å². The number of rotatable bonds is 8. The minimum atomic E-state index is -5.99. The molecule has 41 heavy (non-hydrogen) atoms. The highest BCUT2D eigenvalue weighted by Gasteiger charge is 2.60. The van der Waals surface area contributed by atoms with Gasteiger partial charge in [0.1, 0.15) is 15.4 Å². The summed E-state index contributed by atoms with van der Waals surface area (Å²) in [5.74, 6) is -7.58. The maximum Gasteiger partial charge on any atom is 0.458 e. The number of anilines is 1. The number of pyridine rings is 1. The number of alkyl halides is 5. The number of esters is 1. The number of hydrogen-bond acceptors (Lipinski definition) is 9. The molecule has 0 aromatic carbocycles. The van der Waals surface area contributed by atoms with Gasteiger partial charge < -0.3 is 9.47 Å². The van der Waals surface area contributed by atoms with E-state index in [1.165, 1.54) is 40.0 Å². The predicted molar refractivity (Wildman–Crippen MR) is 137 cm³/mol. The molecule has 0 aliphatic heterocycles. The summed E-state index contributed by atoms with van der Waals surface area (Å²) < 4.78 is 104. The summed E-state index contributed by atoms with van der Waals surface area (Å²) in [6.07, 6.45) is -5.14. The van der Waals surface area contributed by atoms with Crippen LogP contribution in [0.5, 0.6) is 0 Å². The van der Waals surface area contributed by atoms with Gasteiger partial charge in [-0.15, -0.1) is 11.3 Å². The lowest BCUT2D eigenvalue weighted by atomic mass is 10.00. The average molecular weight is 624 g/mol. The second-order valence-corrected chi connectivity index (χ2v) is 13.5. The number of aromatic nitrogens is 1. The number of hydrogen-bond donors (Lipinski definition) is 0. The first-order chi connectivity index (χ1) is 18.7. The van der Waals surface area contributed by atoms with E-state index in [0.29, 0.717) is 23.8 Å². The van der Waals surface area contributed by atoms with E-state index in [4.69, 9.17) is 4.74 Å². The van der Waals surface area contributed by atoms with E-state index in [2.05, 4.69) is 15.8 Å². The second-order valence-electron chi connectivity index (χ2n) is 10.2. The zero-order chi connectivity index (χ0) is 31.2. The number of halogens is 5. The smallest absolute Gasteiger partial charge is 0.458 e. The van der Waals surface area contributed by atoms with Gasteiger partial charge in [-0.05, 0) is 56.9 Å². The van der Waals surface area contributed by atoms with Crippen LogP contribution in [0.4, 0.5) is 32.6 Å². The molecule has 0 spiro atoms. The molecule has 0 atom stereocenters. The zero-order valence-corrected chi connectivity index (χ0v) is 24.2. The molecule has 1 amide bonds. The normalized spacial score (nSPS) is 15.1. The van der Waals surface area contributed by atoms with Crippen LogP contribution in [0.2, 0.25) is 0 Å². The van der Waals surface area contributed by atoms with Gasteiger partial charge in [0.15, 0.2) is 15.7 Å². The summed E-state index contributed by atoms with van der Waals surface area (Å²) in [5.41, 5.74) is -2.35. The van der Waals surface area contributed by atoms with Gasteiger partial charge in [0.2, 0.25) is 0 Å². The van der Waals surface area contributed by atoms with E-state index < -0.39 is 83.3 Å². The van der Waals surface area contributed by atoms with Crippen LogP contribution in [0.3, 0.4) is 0 Å². The number of sulfone groups is 1. The fraction of sp³-hybridized carbons (Fsp3) is 0.520. The number of nitriles is 1. The van der Waals surface area contributed by atoms with Crippen LogP contribution >= 0.6 is 11.3 Å². The Bertz CT molecular complexity index is 1500. The summed E-state index contributed by atoms with van der Waals surface area (Å²) in [4.78, 5) is 27.8. The number of methoxy groups -OCH3 is 1. The fourth-order valence-electron chi connectivity index (χ4n) is 3.70. The van der Waals surface area contributed by atoms with Gasteiger partial charge in [0.05, 0.1) is 35.8 Å². The van der Waals surface area contributed by atoms with E-state index in [1.807, 2.05) is 0 Å². The summed E-state index contributed by atoms with van der Waals surface area (Å²) in [5, 5.41) is 9.59. The van der Waals surface area contributed by atoms with E-state index >= 15 is 0 Å². The van der Waals surface area contributed by atoms with Gasteiger partial charge in [-0.2, -0.15) is 27.2 Å². The molecule has 0 bridgehead atoms. The predicted octanol–water partition coefficient (Wildman–Crippen LogP) is 5.87. The first kappa shape index (κ1) is 32.2. The highest BCUT2D eigenvalue weighted by Crippen LogP contribution is 2.49. The third-order valence-electron chi connectivity index (χ3n) is 6.11. The first-order valence-electron chi connectivity index (χ1n) is 12.0.